The molecule has 3 aliphatic rings. The maximum Gasteiger partial charge on any atom is 0.239 e. The van der Waals surface area contributed by atoms with E-state index in [1.54, 1.807) is 7.05 Å². The summed E-state index contributed by atoms with van der Waals surface area (Å²) < 4.78 is 2.25. The number of hydrogen-bond donors (Lipinski definition) is 1. The fraction of sp³-hybridized carbons (Fsp3) is 0.750. The van der Waals surface area contributed by atoms with Crippen LogP contribution in [0.3, 0.4) is 0 Å². The van der Waals surface area contributed by atoms with Crippen LogP contribution in [0.25, 0.3) is 0 Å². The van der Waals surface area contributed by atoms with Crippen molar-refractivity contribution in [3.8, 4) is 0 Å². The van der Waals surface area contributed by atoms with Gasteiger partial charge in [-0.1, -0.05) is 11.8 Å². The summed E-state index contributed by atoms with van der Waals surface area (Å²) in [6.07, 6.45) is 6.88. The molecule has 0 aromatic carbocycles. The second kappa shape index (κ2) is 6.38. The van der Waals surface area contributed by atoms with E-state index < -0.39 is 0 Å². The van der Waals surface area contributed by atoms with E-state index in [0.717, 1.165) is 23.8 Å². The van der Waals surface area contributed by atoms with Crippen molar-refractivity contribution in [2.45, 2.75) is 61.7 Å². The number of carbonyl (C=O) groups excluding carboxylic acids is 2. The minimum absolute atomic E-state index is 0.0516. The third-order valence-electron chi connectivity index (χ3n) is 4.62. The molecule has 7 nitrogen and oxygen atoms in total. The van der Waals surface area contributed by atoms with Crippen LogP contribution in [0, 0.1) is 0 Å². The standard InChI is InChI=1S/C16H23N5O2S/c1-20(8-13(22)17-11-4-5-11)14(23)9-24-16-19-18-15(10-2-3-10)21(16)12-6-7-12/h10-12H,2-9H2,1H3,(H,17,22). The van der Waals surface area contributed by atoms with Gasteiger partial charge in [-0.3, -0.25) is 9.59 Å². The molecule has 1 N–H and O–H groups in total. The molecule has 130 valence electrons. The molecule has 2 amide bonds. The molecule has 0 unspecified atom stereocenters. The average Bonchev–Trinajstić information content (AvgIpc) is 3.40. The fourth-order valence-corrected chi connectivity index (χ4v) is 3.68. The molecule has 1 aromatic rings. The third kappa shape index (κ3) is 3.74. The Bertz CT molecular complexity index is 649. The summed E-state index contributed by atoms with van der Waals surface area (Å²) in [5, 5.41) is 12.4. The van der Waals surface area contributed by atoms with Crippen molar-refractivity contribution in [2.75, 3.05) is 19.3 Å². The van der Waals surface area contributed by atoms with Crippen LogP contribution in [0.5, 0.6) is 0 Å². The Kier molecular flexibility index (Phi) is 4.24. The Balaban J connectivity index is 1.31. The zero-order valence-electron chi connectivity index (χ0n) is 13.9. The van der Waals surface area contributed by atoms with E-state index in [0.29, 0.717) is 23.8 Å². The monoisotopic (exact) mass is 349 g/mol. The Morgan fingerprint density at radius 1 is 1.21 bits per heavy atom. The van der Waals surface area contributed by atoms with Crippen LogP contribution in [0.2, 0.25) is 0 Å². The number of carbonyl (C=O) groups is 2. The van der Waals surface area contributed by atoms with Gasteiger partial charge in [0, 0.05) is 25.0 Å². The predicted molar refractivity (Wildman–Crippen MR) is 89.8 cm³/mol. The molecule has 0 atom stereocenters. The molecule has 0 saturated heterocycles. The lowest BCUT2D eigenvalue weighted by atomic mass is 10.4. The Hall–Kier alpha value is -1.57. The highest BCUT2D eigenvalue weighted by Gasteiger charge is 2.36. The van der Waals surface area contributed by atoms with Gasteiger partial charge in [0.2, 0.25) is 11.8 Å². The summed E-state index contributed by atoms with van der Waals surface area (Å²) >= 11 is 1.44. The van der Waals surface area contributed by atoms with Crippen LogP contribution < -0.4 is 5.32 Å². The van der Waals surface area contributed by atoms with Crippen LogP contribution >= 0.6 is 11.8 Å². The molecule has 4 rings (SSSR count). The van der Waals surface area contributed by atoms with Crippen LogP contribution in [0.15, 0.2) is 5.16 Å². The number of aromatic nitrogens is 3. The molecule has 0 bridgehead atoms. The van der Waals surface area contributed by atoms with Crippen LogP contribution in [-0.2, 0) is 9.59 Å². The molecular weight excluding hydrogens is 326 g/mol. The topological polar surface area (TPSA) is 80.1 Å². The highest BCUT2D eigenvalue weighted by atomic mass is 32.2. The van der Waals surface area contributed by atoms with E-state index in [1.165, 1.54) is 42.3 Å². The first-order valence-corrected chi connectivity index (χ1v) is 9.71. The van der Waals surface area contributed by atoms with Gasteiger partial charge in [0.25, 0.3) is 0 Å². The minimum atomic E-state index is -0.0736. The van der Waals surface area contributed by atoms with Crippen molar-refractivity contribution in [2.24, 2.45) is 0 Å². The van der Waals surface area contributed by atoms with Gasteiger partial charge in [0.1, 0.15) is 5.82 Å². The Morgan fingerprint density at radius 2 is 1.96 bits per heavy atom. The quantitative estimate of drug-likeness (QED) is 0.716. The molecule has 3 fully saturated rings. The van der Waals surface area contributed by atoms with Crippen molar-refractivity contribution >= 4 is 23.6 Å². The van der Waals surface area contributed by atoms with E-state index in [-0.39, 0.29) is 18.4 Å². The number of thioether (sulfide) groups is 1. The van der Waals surface area contributed by atoms with Crippen molar-refractivity contribution in [1.29, 1.82) is 0 Å². The largest absolute Gasteiger partial charge is 0.352 e. The summed E-state index contributed by atoms with van der Waals surface area (Å²) in [6, 6.07) is 0.851. The number of likely N-dealkylation sites (N-methyl/N-ethyl adjacent to an activating group) is 1. The highest BCUT2D eigenvalue weighted by Crippen LogP contribution is 2.45. The van der Waals surface area contributed by atoms with Gasteiger partial charge in [-0.15, -0.1) is 10.2 Å². The lowest BCUT2D eigenvalue weighted by molar-refractivity contribution is -0.132. The maximum absolute atomic E-state index is 12.3. The second-order valence-corrected chi connectivity index (χ2v) is 8.04. The molecule has 0 radical (unpaired) electrons. The van der Waals surface area contributed by atoms with Gasteiger partial charge in [0.05, 0.1) is 12.3 Å². The Morgan fingerprint density at radius 3 is 2.58 bits per heavy atom. The first-order chi connectivity index (χ1) is 11.6. The Labute approximate surface area is 145 Å². The number of nitrogens with one attached hydrogen (secondary N) is 1. The first-order valence-electron chi connectivity index (χ1n) is 8.72. The van der Waals surface area contributed by atoms with E-state index in [4.69, 9.17) is 0 Å². The number of nitrogens with zero attached hydrogens (tertiary/aromatic N) is 4. The SMILES string of the molecule is CN(CC(=O)NC1CC1)C(=O)CSc1nnc(C2CC2)n1C1CC1. The molecule has 1 heterocycles. The average molecular weight is 349 g/mol. The summed E-state index contributed by atoms with van der Waals surface area (Å²) in [5.41, 5.74) is 0. The van der Waals surface area contributed by atoms with E-state index in [9.17, 15) is 9.59 Å². The molecule has 24 heavy (non-hydrogen) atoms. The van der Waals surface area contributed by atoms with Gasteiger partial charge in [-0.05, 0) is 38.5 Å². The molecule has 0 aliphatic heterocycles. The van der Waals surface area contributed by atoms with Crippen molar-refractivity contribution in [3.05, 3.63) is 5.82 Å². The summed E-state index contributed by atoms with van der Waals surface area (Å²) in [6.45, 7) is 0.124. The zero-order valence-corrected chi connectivity index (χ0v) is 14.7. The van der Waals surface area contributed by atoms with Crippen molar-refractivity contribution in [1.82, 2.24) is 25.0 Å². The zero-order chi connectivity index (χ0) is 16.7. The van der Waals surface area contributed by atoms with Gasteiger partial charge < -0.3 is 14.8 Å². The molecule has 8 heteroatoms. The second-order valence-electron chi connectivity index (χ2n) is 7.10. The minimum Gasteiger partial charge on any atom is -0.352 e. The lowest BCUT2D eigenvalue weighted by Crippen LogP contribution is -2.39. The van der Waals surface area contributed by atoms with Gasteiger partial charge in [-0.25, -0.2) is 0 Å². The normalized spacial score (nSPS) is 20.0. The number of rotatable bonds is 8. The van der Waals surface area contributed by atoms with E-state index in [1.807, 2.05) is 0 Å². The van der Waals surface area contributed by atoms with Crippen molar-refractivity contribution in [3.63, 3.8) is 0 Å². The third-order valence-corrected chi connectivity index (χ3v) is 5.55. The van der Waals surface area contributed by atoms with E-state index >= 15 is 0 Å². The molecule has 1 aromatic heterocycles. The van der Waals surface area contributed by atoms with Gasteiger partial charge >= 0.3 is 0 Å². The summed E-state index contributed by atoms with van der Waals surface area (Å²) in [4.78, 5) is 25.5. The molecule has 3 saturated carbocycles. The molecular formula is C16H23N5O2S. The maximum atomic E-state index is 12.3. The predicted octanol–water partition coefficient (Wildman–Crippen LogP) is 1.32. The number of hydrogen-bond acceptors (Lipinski definition) is 5. The van der Waals surface area contributed by atoms with E-state index in [2.05, 4.69) is 20.1 Å². The summed E-state index contributed by atoms with van der Waals surface area (Å²) in [7, 11) is 1.68. The summed E-state index contributed by atoms with van der Waals surface area (Å²) in [5.74, 6) is 1.84. The molecule has 0 spiro atoms. The highest BCUT2D eigenvalue weighted by molar-refractivity contribution is 7.99. The first kappa shape index (κ1) is 15.9. The fourth-order valence-electron chi connectivity index (χ4n) is 2.72. The number of amides is 2. The van der Waals surface area contributed by atoms with Gasteiger partial charge in [-0.2, -0.15) is 0 Å². The smallest absolute Gasteiger partial charge is 0.239 e. The van der Waals surface area contributed by atoms with Crippen LogP contribution in [-0.4, -0.2) is 56.9 Å². The van der Waals surface area contributed by atoms with Crippen LogP contribution in [0.4, 0.5) is 0 Å². The van der Waals surface area contributed by atoms with Crippen molar-refractivity contribution < 1.29 is 9.59 Å². The lowest BCUT2D eigenvalue weighted by Gasteiger charge is -2.16. The van der Waals surface area contributed by atoms with Gasteiger partial charge in [0.15, 0.2) is 5.16 Å². The van der Waals surface area contributed by atoms with Crippen LogP contribution in [0.1, 0.15) is 56.3 Å². The molecule has 3 aliphatic carbocycles.